The minimum absolute atomic E-state index is 0.0886. The van der Waals surface area contributed by atoms with Gasteiger partial charge in [-0.25, -0.2) is 4.79 Å². The summed E-state index contributed by atoms with van der Waals surface area (Å²) in [7, 11) is 0. The van der Waals surface area contributed by atoms with Gasteiger partial charge in [0.15, 0.2) is 0 Å². The molecule has 0 bridgehead atoms. The molecule has 1 aliphatic rings. The SMILES string of the molecule is CC(C)(C)OC(=O)N1CCC(NCc2ccc([N+](=O)[O-])cc2)C1. The van der Waals surface area contributed by atoms with Crippen molar-refractivity contribution >= 4 is 11.8 Å². The van der Waals surface area contributed by atoms with E-state index in [1.807, 2.05) is 20.8 Å². The fourth-order valence-electron chi connectivity index (χ4n) is 2.42. The Morgan fingerprint density at radius 1 is 1.39 bits per heavy atom. The van der Waals surface area contributed by atoms with Crippen LogP contribution < -0.4 is 5.32 Å². The van der Waals surface area contributed by atoms with Gasteiger partial charge in [0.05, 0.1) is 4.92 Å². The molecule has 0 spiro atoms. The van der Waals surface area contributed by atoms with Crippen LogP contribution in [0.1, 0.15) is 32.8 Å². The highest BCUT2D eigenvalue weighted by Gasteiger charge is 2.29. The smallest absolute Gasteiger partial charge is 0.410 e. The summed E-state index contributed by atoms with van der Waals surface area (Å²) in [5, 5.41) is 14.0. The van der Waals surface area contributed by atoms with Crippen molar-refractivity contribution in [3.63, 3.8) is 0 Å². The second kappa shape index (κ2) is 6.95. The molecule has 1 unspecified atom stereocenters. The predicted molar refractivity (Wildman–Crippen MR) is 86.1 cm³/mol. The molecule has 126 valence electrons. The minimum Gasteiger partial charge on any atom is -0.444 e. The summed E-state index contributed by atoms with van der Waals surface area (Å²) in [6.07, 6.45) is 0.587. The Balaban J connectivity index is 1.79. The number of hydrogen-bond acceptors (Lipinski definition) is 5. The highest BCUT2D eigenvalue weighted by molar-refractivity contribution is 5.68. The first-order valence-corrected chi connectivity index (χ1v) is 7.69. The van der Waals surface area contributed by atoms with Gasteiger partial charge in [-0.1, -0.05) is 12.1 Å². The van der Waals surface area contributed by atoms with Crippen LogP contribution in [0.2, 0.25) is 0 Å². The van der Waals surface area contributed by atoms with E-state index >= 15 is 0 Å². The highest BCUT2D eigenvalue weighted by Crippen LogP contribution is 2.16. The van der Waals surface area contributed by atoms with Crippen molar-refractivity contribution in [2.24, 2.45) is 0 Å². The number of benzene rings is 1. The summed E-state index contributed by atoms with van der Waals surface area (Å²) in [5.41, 5.74) is 0.582. The molecule has 7 heteroatoms. The molecular formula is C16H23N3O4. The first-order valence-electron chi connectivity index (χ1n) is 7.69. The lowest BCUT2D eigenvalue weighted by Gasteiger charge is -2.24. The van der Waals surface area contributed by atoms with Gasteiger partial charge in [-0.05, 0) is 32.8 Å². The van der Waals surface area contributed by atoms with Crippen LogP contribution in [0.3, 0.4) is 0 Å². The number of carbonyl (C=O) groups is 1. The number of nitro benzene ring substituents is 1. The van der Waals surface area contributed by atoms with E-state index < -0.39 is 10.5 Å². The van der Waals surface area contributed by atoms with Crippen molar-refractivity contribution in [3.05, 3.63) is 39.9 Å². The van der Waals surface area contributed by atoms with Gasteiger partial charge in [-0.15, -0.1) is 0 Å². The summed E-state index contributed by atoms with van der Waals surface area (Å²) in [5.74, 6) is 0. The molecule has 1 heterocycles. The number of nitrogens with one attached hydrogen (secondary N) is 1. The summed E-state index contributed by atoms with van der Waals surface area (Å²) in [4.78, 5) is 23.9. The zero-order chi connectivity index (χ0) is 17.0. The van der Waals surface area contributed by atoms with E-state index in [4.69, 9.17) is 4.74 Å². The van der Waals surface area contributed by atoms with Gasteiger partial charge >= 0.3 is 6.09 Å². The molecule has 1 saturated heterocycles. The molecule has 1 atom stereocenters. The summed E-state index contributed by atoms with van der Waals surface area (Å²) in [6.45, 7) is 7.46. The van der Waals surface area contributed by atoms with Crippen LogP contribution in [0, 0.1) is 10.1 Å². The lowest BCUT2D eigenvalue weighted by atomic mass is 10.2. The Kier molecular flexibility index (Phi) is 5.20. The average Bonchev–Trinajstić information content (AvgIpc) is 2.93. The third-order valence-corrected chi connectivity index (χ3v) is 3.58. The fraction of sp³-hybridized carbons (Fsp3) is 0.562. The number of amides is 1. The normalized spacial score (nSPS) is 18.0. The Labute approximate surface area is 135 Å². The quantitative estimate of drug-likeness (QED) is 0.681. The summed E-state index contributed by atoms with van der Waals surface area (Å²) in [6, 6.07) is 6.69. The molecule has 0 saturated carbocycles. The van der Waals surface area contributed by atoms with Gasteiger partial charge in [0.1, 0.15) is 5.60 Å². The van der Waals surface area contributed by atoms with Gasteiger partial charge < -0.3 is 15.0 Å². The van der Waals surface area contributed by atoms with Crippen molar-refractivity contribution in [2.45, 2.75) is 45.4 Å². The van der Waals surface area contributed by atoms with Gasteiger partial charge in [0, 0.05) is 37.8 Å². The van der Waals surface area contributed by atoms with Crippen molar-refractivity contribution in [2.75, 3.05) is 13.1 Å². The van der Waals surface area contributed by atoms with Crippen LogP contribution in [0.15, 0.2) is 24.3 Å². The van der Waals surface area contributed by atoms with Gasteiger partial charge in [-0.3, -0.25) is 10.1 Å². The molecule has 1 amide bonds. The molecular weight excluding hydrogens is 298 g/mol. The zero-order valence-corrected chi connectivity index (χ0v) is 13.7. The lowest BCUT2D eigenvalue weighted by molar-refractivity contribution is -0.384. The standard InChI is InChI=1S/C16H23N3O4/c1-16(2,3)23-15(20)18-9-8-13(11-18)17-10-12-4-6-14(7-5-12)19(21)22/h4-7,13,17H,8-11H2,1-3H3. The van der Waals surface area contributed by atoms with Crippen LogP contribution >= 0.6 is 0 Å². The Hall–Kier alpha value is -2.15. The third kappa shape index (κ3) is 5.21. The second-order valence-corrected chi connectivity index (χ2v) is 6.72. The van der Waals surface area contributed by atoms with Crippen molar-refractivity contribution < 1.29 is 14.5 Å². The number of likely N-dealkylation sites (tertiary alicyclic amines) is 1. The van der Waals surface area contributed by atoms with Gasteiger partial charge in [0.2, 0.25) is 0 Å². The maximum absolute atomic E-state index is 12.0. The second-order valence-electron chi connectivity index (χ2n) is 6.72. The average molecular weight is 321 g/mol. The molecule has 23 heavy (non-hydrogen) atoms. The predicted octanol–water partition coefficient (Wildman–Crippen LogP) is 2.69. The topological polar surface area (TPSA) is 84.7 Å². The molecule has 0 aliphatic carbocycles. The fourth-order valence-corrected chi connectivity index (χ4v) is 2.42. The molecule has 1 aliphatic heterocycles. The van der Waals surface area contributed by atoms with E-state index in [-0.39, 0.29) is 17.8 Å². The molecule has 0 radical (unpaired) electrons. The summed E-state index contributed by atoms with van der Waals surface area (Å²) < 4.78 is 5.36. The van der Waals surface area contributed by atoms with Crippen LogP contribution in [-0.2, 0) is 11.3 Å². The molecule has 2 rings (SSSR count). The number of carbonyl (C=O) groups excluding carboxylic acids is 1. The van der Waals surface area contributed by atoms with Crippen molar-refractivity contribution in [1.82, 2.24) is 10.2 Å². The first-order chi connectivity index (χ1) is 10.7. The Bertz CT molecular complexity index is 566. The van der Waals surface area contributed by atoms with Crippen LogP contribution in [-0.4, -0.2) is 40.6 Å². The van der Waals surface area contributed by atoms with Crippen molar-refractivity contribution in [3.8, 4) is 0 Å². The molecule has 1 aromatic carbocycles. The Morgan fingerprint density at radius 3 is 2.61 bits per heavy atom. The maximum Gasteiger partial charge on any atom is 0.410 e. The zero-order valence-electron chi connectivity index (χ0n) is 13.7. The number of hydrogen-bond donors (Lipinski definition) is 1. The summed E-state index contributed by atoms with van der Waals surface area (Å²) >= 11 is 0. The van der Waals surface area contributed by atoms with E-state index in [0.29, 0.717) is 19.6 Å². The maximum atomic E-state index is 12.0. The minimum atomic E-state index is -0.485. The number of rotatable bonds is 4. The monoisotopic (exact) mass is 321 g/mol. The van der Waals surface area contributed by atoms with Gasteiger partial charge in [0.25, 0.3) is 5.69 Å². The third-order valence-electron chi connectivity index (χ3n) is 3.58. The lowest BCUT2D eigenvalue weighted by Crippen LogP contribution is -2.38. The largest absolute Gasteiger partial charge is 0.444 e. The van der Waals surface area contributed by atoms with E-state index in [1.165, 1.54) is 12.1 Å². The highest BCUT2D eigenvalue weighted by atomic mass is 16.6. The van der Waals surface area contributed by atoms with Crippen LogP contribution in [0.4, 0.5) is 10.5 Å². The Morgan fingerprint density at radius 2 is 2.04 bits per heavy atom. The molecule has 0 aromatic heterocycles. The van der Waals surface area contributed by atoms with Crippen LogP contribution in [0.25, 0.3) is 0 Å². The first kappa shape index (κ1) is 17.2. The van der Waals surface area contributed by atoms with E-state index in [0.717, 1.165) is 12.0 Å². The number of nitrogens with zero attached hydrogens (tertiary/aromatic N) is 2. The number of ether oxygens (including phenoxy) is 1. The molecule has 1 N–H and O–H groups in total. The molecule has 1 fully saturated rings. The van der Waals surface area contributed by atoms with E-state index in [9.17, 15) is 14.9 Å². The van der Waals surface area contributed by atoms with E-state index in [2.05, 4.69) is 5.32 Å². The number of non-ortho nitro benzene ring substituents is 1. The van der Waals surface area contributed by atoms with Crippen LogP contribution in [0.5, 0.6) is 0 Å². The van der Waals surface area contributed by atoms with Gasteiger partial charge in [-0.2, -0.15) is 0 Å². The van der Waals surface area contributed by atoms with E-state index in [1.54, 1.807) is 17.0 Å². The molecule has 7 nitrogen and oxygen atoms in total. The van der Waals surface area contributed by atoms with Crippen molar-refractivity contribution in [1.29, 1.82) is 0 Å². The number of nitro groups is 1. The molecule has 1 aromatic rings.